The third kappa shape index (κ3) is 4.05. The van der Waals surface area contributed by atoms with Crippen LogP contribution in [0, 0.1) is 0 Å². The standard InChI is InChI=1S/C14H19NO4S/c1-2-11(19-14(17)12-6-4-8-20-12)13(16)15-9-10-5-3-7-18-10/h4,6,8,10-11H,2-3,5,7,9H2,1H3,(H,15,16)/t10-,11-/m0/s1. The van der Waals surface area contributed by atoms with Crippen molar-refractivity contribution >= 4 is 23.2 Å². The predicted molar refractivity (Wildman–Crippen MR) is 75.8 cm³/mol. The molecule has 0 unspecified atom stereocenters. The highest BCUT2D eigenvalue weighted by Crippen LogP contribution is 2.13. The maximum atomic E-state index is 12.0. The Morgan fingerprint density at radius 2 is 2.45 bits per heavy atom. The van der Waals surface area contributed by atoms with Crippen LogP contribution in [0.3, 0.4) is 0 Å². The maximum Gasteiger partial charge on any atom is 0.349 e. The number of carbonyl (C=O) groups excluding carboxylic acids is 2. The summed E-state index contributed by atoms with van der Waals surface area (Å²) in [4.78, 5) is 24.3. The lowest BCUT2D eigenvalue weighted by atomic mass is 10.2. The Kier molecular flexibility index (Phi) is 5.55. The number of hydrogen-bond acceptors (Lipinski definition) is 5. The molecule has 2 rings (SSSR count). The molecule has 1 saturated heterocycles. The molecule has 1 aromatic heterocycles. The van der Waals surface area contributed by atoms with Gasteiger partial charge in [-0.25, -0.2) is 4.79 Å². The van der Waals surface area contributed by atoms with Gasteiger partial charge in [0.05, 0.1) is 6.10 Å². The zero-order valence-corrected chi connectivity index (χ0v) is 12.3. The Morgan fingerprint density at radius 1 is 1.60 bits per heavy atom. The van der Waals surface area contributed by atoms with E-state index in [4.69, 9.17) is 9.47 Å². The van der Waals surface area contributed by atoms with E-state index in [-0.39, 0.29) is 12.0 Å². The molecule has 2 atom stereocenters. The van der Waals surface area contributed by atoms with E-state index >= 15 is 0 Å². The molecule has 1 aromatic rings. The Morgan fingerprint density at radius 3 is 3.05 bits per heavy atom. The van der Waals surface area contributed by atoms with E-state index < -0.39 is 12.1 Å². The van der Waals surface area contributed by atoms with Crippen LogP contribution >= 0.6 is 11.3 Å². The molecular weight excluding hydrogens is 278 g/mol. The first kappa shape index (κ1) is 15.0. The molecular formula is C14H19NO4S. The van der Waals surface area contributed by atoms with Crippen molar-refractivity contribution in [3.05, 3.63) is 22.4 Å². The Balaban J connectivity index is 1.80. The number of hydrogen-bond donors (Lipinski definition) is 1. The van der Waals surface area contributed by atoms with E-state index in [9.17, 15) is 9.59 Å². The molecule has 0 bridgehead atoms. The van der Waals surface area contributed by atoms with Gasteiger partial charge in [-0.05, 0) is 30.7 Å². The minimum absolute atomic E-state index is 0.0875. The van der Waals surface area contributed by atoms with Crippen molar-refractivity contribution in [3.8, 4) is 0 Å². The van der Waals surface area contributed by atoms with E-state index in [2.05, 4.69) is 5.32 Å². The number of ether oxygens (including phenoxy) is 2. The fourth-order valence-corrected chi connectivity index (χ4v) is 2.64. The van der Waals surface area contributed by atoms with Crippen LogP contribution in [0.5, 0.6) is 0 Å². The lowest BCUT2D eigenvalue weighted by Crippen LogP contribution is -2.40. The van der Waals surface area contributed by atoms with Gasteiger partial charge in [0.15, 0.2) is 6.10 Å². The first-order chi connectivity index (χ1) is 9.70. The highest BCUT2D eigenvalue weighted by atomic mass is 32.1. The van der Waals surface area contributed by atoms with Crippen LogP contribution in [-0.4, -0.2) is 37.2 Å². The summed E-state index contributed by atoms with van der Waals surface area (Å²) >= 11 is 1.30. The number of rotatable bonds is 6. The second-order valence-electron chi connectivity index (χ2n) is 4.66. The molecule has 6 heteroatoms. The monoisotopic (exact) mass is 297 g/mol. The molecule has 0 radical (unpaired) electrons. The van der Waals surface area contributed by atoms with Gasteiger partial charge >= 0.3 is 5.97 Å². The van der Waals surface area contributed by atoms with Gasteiger partial charge in [-0.1, -0.05) is 13.0 Å². The van der Waals surface area contributed by atoms with Crippen LogP contribution < -0.4 is 5.32 Å². The molecule has 0 aliphatic carbocycles. The summed E-state index contributed by atoms with van der Waals surface area (Å²) in [6, 6.07) is 3.46. The fraction of sp³-hybridized carbons (Fsp3) is 0.571. The number of thiophene rings is 1. The summed E-state index contributed by atoms with van der Waals surface area (Å²) in [5.74, 6) is -0.702. The molecule has 20 heavy (non-hydrogen) atoms. The highest BCUT2D eigenvalue weighted by molar-refractivity contribution is 7.11. The van der Waals surface area contributed by atoms with Crippen LogP contribution in [0.25, 0.3) is 0 Å². The molecule has 1 N–H and O–H groups in total. The summed E-state index contributed by atoms with van der Waals surface area (Å²) in [6.07, 6.45) is 1.79. The summed E-state index contributed by atoms with van der Waals surface area (Å²) in [5, 5.41) is 4.59. The summed E-state index contributed by atoms with van der Waals surface area (Å²) in [7, 11) is 0. The largest absolute Gasteiger partial charge is 0.448 e. The first-order valence-corrected chi connectivity index (χ1v) is 7.72. The van der Waals surface area contributed by atoms with E-state index in [0.717, 1.165) is 19.4 Å². The second-order valence-corrected chi connectivity index (χ2v) is 5.61. The molecule has 1 amide bonds. The Hall–Kier alpha value is -1.40. The van der Waals surface area contributed by atoms with Gasteiger partial charge in [-0.15, -0.1) is 11.3 Å². The van der Waals surface area contributed by atoms with Crippen molar-refractivity contribution in [3.63, 3.8) is 0 Å². The van der Waals surface area contributed by atoms with Crippen molar-refractivity contribution in [2.75, 3.05) is 13.2 Å². The quantitative estimate of drug-likeness (QED) is 0.815. The number of amides is 1. The molecule has 0 aromatic carbocycles. The molecule has 1 fully saturated rings. The molecule has 2 heterocycles. The van der Waals surface area contributed by atoms with Gasteiger partial charge in [0.25, 0.3) is 5.91 Å². The minimum Gasteiger partial charge on any atom is -0.448 e. The van der Waals surface area contributed by atoms with E-state index in [1.807, 2.05) is 6.92 Å². The van der Waals surface area contributed by atoms with Gasteiger partial charge in [0.2, 0.25) is 0 Å². The SMILES string of the molecule is CC[C@H](OC(=O)c1cccs1)C(=O)NC[C@@H]1CCCO1. The smallest absolute Gasteiger partial charge is 0.349 e. The van der Waals surface area contributed by atoms with E-state index in [1.165, 1.54) is 11.3 Å². The number of esters is 1. The van der Waals surface area contributed by atoms with E-state index in [1.54, 1.807) is 17.5 Å². The Bertz CT molecular complexity index is 440. The minimum atomic E-state index is -0.744. The second kappa shape index (κ2) is 7.40. The highest BCUT2D eigenvalue weighted by Gasteiger charge is 2.24. The average molecular weight is 297 g/mol. The maximum absolute atomic E-state index is 12.0. The van der Waals surface area contributed by atoms with Gasteiger partial charge in [-0.3, -0.25) is 4.79 Å². The zero-order valence-electron chi connectivity index (χ0n) is 11.5. The van der Waals surface area contributed by atoms with Crippen molar-refractivity contribution in [1.29, 1.82) is 0 Å². The molecule has 110 valence electrons. The third-order valence-electron chi connectivity index (χ3n) is 3.16. The van der Waals surface area contributed by atoms with Crippen LogP contribution in [0.15, 0.2) is 17.5 Å². The van der Waals surface area contributed by atoms with Gasteiger partial charge < -0.3 is 14.8 Å². The molecule has 0 spiro atoms. The topological polar surface area (TPSA) is 64.6 Å². The molecule has 1 aliphatic heterocycles. The lowest BCUT2D eigenvalue weighted by Gasteiger charge is -2.17. The molecule has 0 saturated carbocycles. The van der Waals surface area contributed by atoms with Crippen molar-refractivity contribution < 1.29 is 19.1 Å². The average Bonchev–Trinajstić information content (AvgIpc) is 3.13. The third-order valence-corrected chi connectivity index (χ3v) is 4.01. The lowest BCUT2D eigenvalue weighted by molar-refractivity contribution is -0.130. The van der Waals surface area contributed by atoms with Gasteiger partial charge in [0, 0.05) is 13.2 Å². The molecule has 5 nitrogen and oxygen atoms in total. The van der Waals surface area contributed by atoms with Crippen molar-refractivity contribution in [2.45, 2.75) is 38.4 Å². The summed E-state index contributed by atoms with van der Waals surface area (Å²) in [6.45, 7) is 3.05. The number of carbonyl (C=O) groups is 2. The predicted octanol–water partition coefficient (Wildman–Crippen LogP) is 1.98. The van der Waals surface area contributed by atoms with Crippen LogP contribution in [0.2, 0.25) is 0 Å². The van der Waals surface area contributed by atoms with Crippen molar-refractivity contribution in [2.24, 2.45) is 0 Å². The van der Waals surface area contributed by atoms with Crippen LogP contribution in [0.1, 0.15) is 35.9 Å². The van der Waals surface area contributed by atoms with E-state index in [0.29, 0.717) is 17.8 Å². The van der Waals surface area contributed by atoms with Gasteiger partial charge in [-0.2, -0.15) is 0 Å². The Labute approximate surface area is 122 Å². The van der Waals surface area contributed by atoms with Crippen LogP contribution in [0.4, 0.5) is 0 Å². The fourth-order valence-electron chi connectivity index (χ4n) is 2.04. The first-order valence-electron chi connectivity index (χ1n) is 6.84. The van der Waals surface area contributed by atoms with Crippen LogP contribution in [-0.2, 0) is 14.3 Å². The van der Waals surface area contributed by atoms with Crippen molar-refractivity contribution in [1.82, 2.24) is 5.32 Å². The number of nitrogens with one attached hydrogen (secondary N) is 1. The zero-order chi connectivity index (χ0) is 14.4. The molecule has 1 aliphatic rings. The summed E-state index contributed by atoms with van der Waals surface area (Å²) < 4.78 is 10.7. The summed E-state index contributed by atoms with van der Waals surface area (Å²) in [5.41, 5.74) is 0. The normalized spacial score (nSPS) is 19.6. The van der Waals surface area contributed by atoms with Gasteiger partial charge in [0.1, 0.15) is 4.88 Å².